The molecule has 0 aromatic carbocycles. The van der Waals surface area contributed by atoms with Gasteiger partial charge in [-0.3, -0.25) is 9.71 Å². The Morgan fingerprint density at radius 1 is 1.06 bits per heavy atom. The zero-order chi connectivity index (χ0) is 24.7. The van der Waals surface area contributed by atoms with Crippen molar-refractivity contribution in [2.24, 2.45) is 11.7 Å². The molecule has 1 aliphatic carbocycles. The number of hydrogen-bond donors (Lipinski definition) is 3. The van der Waals surface area contributed by atoms with Gasteiger partial charge >= 0.3 is 6.01 Å². The van der Waals surface area contributed by atoms with Crippen LogP contribution in [0.15, 0.2) is 47.7 Å². The molecule has 184 valence electrons. The molecule has 4 N–H and O–H groups in total. The first-order chi connectivity index (χ1) is 16.9. The van der Waals surface area contributed by atoms with Crippen molar-refractivity contribution in [3.63, 3.8) is 0 Å². The van der Waals surface area contributed by atoms with E-state index < -0.39 is 10.2 Å². The van der Waals surface area contributed by atoms with Gasteiger partial charge in [0.1, 0.15) is 19.5 Å². The molecule has 1 fully saturated rings. The number of rotatable bonds is 12. The molecule has 0 aliphatic heterocycles. The second-order valence-corrected chi connectivity index (χ2v) is 9.93. The van der Waals surface area contributed by atoms with Gasteiger partial charge in [-0.2, -0.15) is 13.1 Å². The summed E-state index contributed by atoms with van der Waals surface area (Å²) in [5.41, 5.74) is 6.94. The lowest BCUT2D eigenvalue weighted by Gasteiger charge is -2.15. The monoisotopic (exact) mass is 562 g/mol. The van der Waals surface area contributed by atoms with E-state index in [0.717, 1.165) is 17.3 Å². The summed E-state index contributed by atoms with van der Waals surface area (Å²) < 4.78 is 42.3. The van der Waals surface area contributed by atoms with E-state index in [4.69, 9.17) is 15.2 Å². The van der Waals surface area contributed by atoms with Crippen LogP contribution in [-0.4, -0.2) is 53.1 Å². The lowest BCUT2D eigenvalue weighted by Crippen LogP contribution is -2.32. The highest BCUT2D eigenvalue weighted by Crippen LogP contribution is 2.34. The number of hydrogen-bond acceptors (Lipinski definition) is 10. The Morgan fingerprint density at radius 3 is 2.51 bits per heavy atom. The minimum atomic E-state index is -3.86. The molecule has 0 unspecified atom stereocenters. The van der Waals surface area contributed by atoms with Crippen molar-refractivity contribution in [3.8, 4) is 23.0 Å². The molecule has 0 atom stereocenters. The minimum Gasteiger partial charge on any atom is -0.473 e. The van der Waals surface area contributed by atoms with E-state index in [1.807, 2.05) is 0 Å². The molecule has 0 bridgehead atoms. The maximum absolute atomic E-state index is 12.6. The van der Waals surface area contributed by atoms with Gasteiger partial charge in [-0.1, -0.05) is 6.07 Å². The lowest BCUT2D eigenvalue weighted by atomic mass is 10.1. The van der Waals surface area contributed by atoms with Crippen molar-refractivity contribution in [2.45, 2.75) is 12.8 Å². The van der Waals surface area contributed by atoms with Crippen LogP contribution in [-0.2, 0) is 10.2 Å². The molecule has 0 spiro atoms. The van der Waals surface area contributed by atoms with Crippen LogP contribution in [0.5, 0.6) is 11.9 Å². The average Bonchev–Trinajstić information content (AvgIpc) is 3.67. The quantitative estimate of drug-likeness (QED) is 0.278. The van der Waals surface area contributed by atoms with E-state index >= 15 is 0 Å². The molecular formula is C21H23BrN8O4S. The van der Waals surface area contributed by atoms with Crippen molar-refractivity contribution < 1.29 is 17.9 Å². The Kier molecular flexibility index (Phi) is 8.05. The molecular weight excluding hydrogens is 540 g/mol. The van der Waals surface area contributed by atoms with E-state index in [0.29, 0.717) is 29.3 Å². The Hall–Kier alpha value is -3.36. The predicted octanol–water partition coefficient (Wildman–Crippen LogP) is 2.13. The molecule has 0 saturated heterocycles. The minimum absolute atomic E-state index is 0.0550. The zero-order valence-electron chi connectivity index (χ0n) is 18.5. The van der Waals surface area contributed by atoms with Crippen molar-refractivity contribution in [3.05, 3.63) is 53.4 Å². The van der Waals surface area contributed by atoms with Crippen molar-refractivity contribution >= 4 is 38.0 Å². The molecule has 1 aliphatic rings. The standard InChI is InChI=1S/C21H23BrN8O4S/c22-16-11-25-21(26-12-16)34-8-7-33-20-18(15-3-4-17(5-6-23)24-10-15)19(27-13-28-20)30-35(31,32)29-9-14-1-2-14/h3-6,10-14,29H,1-2,7-9,23H2,(H,27,28,30). The van der Waals surface area contributed by atoms with Gasteiger partial charge in [0.15, 0.2) is 5.82 Å². The third kappa shape index (κ3) is 7.31. The Balaban J connectivity index is 1.54. The van der Waals surface area contributed by atoms with Gasteiger partial charge in [0.2, 0.25) is 5.88 Å². The summed E-state index contributed by atoms with van der Waals surface area (Å²) in [6.07, 6.45) is 11.0. The van der Waals surface area contributed by atoms with Crippen LogP contribution in [0.2, 0.25) is 0 Å². The number of nitrogens with zero attached hydrogens (tertiary/aromatic N) is 5. The van der Waals surface area contributed by atoms with Gasteiger partial charge < -0.3 is 15.2 Å². The van der Waals surface area contributed by atoms with Crippen LogP contribution in [0.25, 0.3) is 17.2 Å². The van der Waals surface area contributed by atoms with Gasteiger partial charge in [0.25, 0.3) is 10.2 Å². The first kappa shape index (κ1) is 24.8. The summed E-state index contributed by atoms with van der Waals surface area (Å²) in [5.74, 6) is 0.584. The number of pyridine rings is 1. The number of ether oxygens (including phenoxy) is 2. The smallest absolute Gasteiger partial charge is 0.316 e. The largest absolute Gasteiger partial charge is 0.473 e. The Morgan fingerprint density at radius 2 is 1.83 bits per heavy atom. The Bertz CT molecular complexity index is 1270. The number of halogens is 1. The van der Waals surface area contributed by atoms with Crippen LogP contribution in [0.3, 0.4) is 0 Å². The average molecular weight is 563 g/mol. The first-order valence-corrected chi connectivity index (χ1v) is 12.9. The van der Waals surface area contributed by atoms with E-state index in [-0.39, 0.29) is 30.9 Å². The predicted molar refractivity (Wildman–Crippen MR) is 132 cm³/mol. The summed E-state index contributed by atoms with van der Waals surface area (Å²) in [7, 11) is -3.86. The molecule has 4 rings (SSSR count). The molecule has 35 heavy (non-hydrogen) atoms. The topological polar surface area (TPSA) is 167 Å². The van der Waals surface area contributed by atoms with Gasteiger partial charge in [0, 0.05) is 30.7 Å². The maximum Gasteiger partial charge on any atom is 0.316 e. The number of nitrogens with one attached hydrogen (secondary N) is 2. The van der Waals surface area contributed by atoms with E-state index in [9.17, 15) is 8.42 Å². The highest BCUT2D eigenvalue weighted by atomic mass is 79.9. The molecule has 1 saturated carbocycles. The SMILES string of the molecule is NC=Cc1ccc(-c2c(NS(=O)(=O)NCC3CC3)ncnc2OCCOc2ncc(Br)cn2)cn1. The van der Waals surface area contributed by atoms with E-state index in [2.05, 4.69) is 50.3 Å². The van der Waals surface area contributed by atoms with Gasteiger partial charge in [-0.25, -0.2) is 19.9 Å². The maximum atomic E-state index is 12.6. The second kappa shape index (κ2) is 11.4. The molecule has 3 heterocycles. The third-order valence-electron chi connectivity index (χ3n) is 4.79. The second-order valence-electron chi connectivity index (χ2n) is 7.51. The molecule has 3 aromatic heterocycles. The summed E-state index contributed by atoms with van der Waals surface area (Å²) in [4.78, 5) is 20.7. The summed E-state index contributed by atoms with van der Waals surface area (Å²) >= 11 is 3.26. The number of aromatic nitrogens is 5. The fourth-order valence-electron chi connectivity index (χ4n) is 2.93. The van der Waals surface area contributed by atoms with Crippen molar-refractivity contribution in [1.29, 1.82) is 0 Å². The molecule has 14 heteroatoms. The fourth-order valence-corrected chi connectivity index (χ4v) is 4.07. The van der Waals surface area contributed by atoms with Crippen LogP contribution in [0.1, 0.15) is 18.5 Å². The molecule has 0 radical (unpaired) electrons. The van der Waals surface area contributed by atoms with Crippen molar-refractivity contribution in [1.82, 2.24) is 29.6 Å². The van der Waals surface area contributed by atoms with Gasteiger partial charge in [0.05, 0.1) is 15.7 Å². The first-order valence-electron chi connectivity index (χ1n) is 10.6. The van der Waals surface area contributed by atoms with Crippen LogP contribution >= 0.6 is 15.9 Å². The molecule has 0 amide bonds. The highest BCUT2D eigenvalue weighted by molar-refractivity contribution is 9.10. The summed E-state index contributed by atoms with van der Waals surface area (Å²) in [5, 5.41) is 0. The van der Waals surface area contributed by atoms with E-state index in [1.54, 1.807) is 36.8 Å². The highest BCUT2D eigenvalue weighted by Gasteiger charge is 2.25. The molecule has 3 aromatic rings. The van der Waals surface area contributed by atoms with Gasteiger partial charge in [-0.15, -0.1) is 0 Å². The zero-order valence-corrected chi connectivity index (χ0v) is 20.9. The lowest BCUT2D eigenvalue weighted by molar-refractivity contribution is 0.202. The van der Waals surface area contributed by atoms with Gasteiger partial charge in [-0.05, 0) is 53.0 Å². The summed E-state index contributed by atoms with van der Waals surface area (Å²) in [6, 6.07) is 3.67. The van der Waals surface area contributed by atoms with E-state index in [1.165, 1.54) is 12.5 Å². The summed E-state index contributed by atoms with van der Waals surface area (Å²) in [6.45, 7) is 0.598. The number of nitrogens with two attached hydrogens (primary N) is 1. The normalized spacial score (nSPS) is 13.6. The van der Waals surface area contributed by atoms with Crippen molar-refractivity contribution in [2.75, 3.05) is 24.5 Å². The number of anilines is 1. The fraction of sp³-hybridized carbons (Fsp3) is 0.286. The molecule has 12 nitrogen and oxygen atoms in total. The van der Waals surface area contributed by atoms with Crippen LogP contribution < -0.4 is 24.7 Å². The van der Waals surface area contributed by atoms with Crippen LogP contribution in [0, 0.1) is 5.92 Å². The van der Waals surface area contributed by atoms with Crippen LogP contribution in [0.4, 0.5) is 5.82 Å². The Labute approximate surface area is 210 Å². The third-order valence-corrected chi connectivity index (χ3v) is 6.21.